The van der Waals surface area contributed by atoms with E-state index in [9.17, 15) is 4.39 Å². The molecule has 2 nitrogen and oxygen atoms in total. The van der Waals surface area contributed by atoms with Crippen LogP contribution in [0.2, 0.25) is 5.02 Å². The smallest absolute Gasteiger partial charge is 0.124 e. The highest BCUT2D eigenvalue weighted by molar-refractivity contribution is 6.31. The molecule has 0 spiro atoms. The SMILES string of the molecule is COCCNCC(Cc1ccc(F)cc1Cl)CC(C)C. The van der Waals surface area contributed by atoms with E-state index in [2.05, 4.69) is 19.2 Å². The van der Waals surface area contributed by atoms with E-state index in [1.807, 2.05) is 0 Å². The monoisotopic (exact) mass is 301 g/mol. The Hall–Kier alpha value is -0.640. The predicted molar refractivity (Wildman–Crippen MR) is 82.8 cm³/mol. The van der Waals surface area contributed by atoms with Crippen molar-refractivity contribution in [2.24, 2.45) is 11.8 Å². The first-order chi connectivity index (χ1) is 9.52. The van der Waals surface area contributed by atoms with Crippen LogP contribution in [-0.2, 0) is 11.2 Å². The summed E-state index contributed by atoms with van der Waals surface area (Å²) in [6, 6.07) is 4.66. The Morgan fingerprint density at radius 1 is 1.35 bits per heavy atom. The van der Waals surface area contributed by atoms with Crippen LogP contribution in [0.5, 0.6) is 0 Å². The number of nitrogens with one attached hydrogen (secondary N) is 1. The van der Waals surface area contributed by atoms with E-state index < -0.39 is 0 Å². The van der Waals surface area contributed by atoms with Gasteiger partial charge in [-0.2, -0.15) is 0 Å². The van der Waals surface area contributed by atoms with Gasteiger partial charge in [0.15, 0.2) is 0 Å². The summed E-state index contributed by atoms with van der Waals surface area (Å²) < 4.78 is 18.1. The summed E-state index contributed by atoms with van der Waals surface area (Å²) in [5.41, 5.74) is 1.02. The van der Waals surface area contributed by atoms with Gasteiger partial charge in [0.1, 0.15) is 5.82 Å². The molecule has 0 heterocycles. The summed E-state index contributed by atoms with van der Waals surface area (Å²) in [6.45, 7) is 6.92. The van der Waals surface area contributed by atoms with Crippen LogP contribution in [0.3, 0.4) is 0 Å². The van der Waals surface area contributed by atoms with Gasteiger partial charge < -0.3 is 10.1 Å². The second-order valence-corrected chi connectivity index (χ2v) is 6.04. The first-order valence-electron chi connectivity index (χ1n) is 7.16. The van der Waals surface area contributed by atoms with Gasteiger partial charge in [-0.1, -0.05) is 31.5 Å². The normalized spacial score (nSPS) is 12.9. The lowest BCUT2D eigenvalue weighted by atomic mass is 9.91. The number of benzene rings is 1. The number of hydrogen-bond donors (Lipinski definition) is 1. The van der Waals surface area contributed by atoms with Crippen molar-refractivity contribution in [2.45, 2.75) is 26.7 Å². The van der Waals surface area contributed by atoms with E-state index in [4.69, 9.17) is 16.3 Å². The third-order valence-electron chi connectivity index (χ3n) is 3.24. The number of hydrogen-bond acceptors (Lipinski definition) is 2. The predicted octanol–water partition coefficient (Wildman–Crippen LogP) is 3.92. The van der Waals surface area contributed by atoms with Gasteiger partial charge in [-0.25, -0.2) is 4.39 Å². The van der Waals surface area contributed by atoms with Gasteiger partial charge in [0.25, 0.3) is 0 Å². The van der Waals surface area contributed by atoms with Crippen molar-refractivity contribution in [3.05, 3.63) is 34.6 Å². The first-order valence-corrected chi connectivity index (χ1v) is 7.54. The third-order valence-corrected chi connectivity index (χ3v) is 3.60. The van der Waals surface area contributed by atoms with Crippen LogP contribution in [0.4, 0.5) is 4.39 Å². The molecule has 0 amide bonds. The molecule has 0 aromatic heterocycles. The lowest BCUT2D eigenvalue weighted by Crippen LogP contribution is -2.28. The number of halogens is 2. The van der Waals surface area contributed by atoms with Crippen molar-refractivity contribution in [1.29, 1.82) is 0 Å². The lowest BCUT2D eigenvalue weighted by molar-refractivity contribution is 0.197. The molecule has 1 unspecified atom stereocenters. The van der Waals surface area contributed by atoms with E-state index in [0.717, 1.165) is 31.5 Å². The van der Waals surface area contributed by atoms with Gasteiger partial charge >= 0.3 is 0 Å². The minimum absolute atomic E-state index is 0.280. The van der Waals surface area contributed by atoms with Gasteiger partial charge in [0.05, 0.1) is 6.61 Å². The molecule has 0 aliphatic rings. The third kappa shape index (κ3) is 6.69. The summed E-state index contributed by atoms with van der Waals surface area (Å²) in [7, 11) is 1.70. The Bertz CT molecular complexity index is 398. The van der Waals surface area contributed by atoms with Crippen LogP contribution < -0.4 is 5.32 Å². The summed E-state index contributed by atoms with van der Waals surface area (Å²) in [5.74, 6) is 0.843. The van der Waals surface area contributed by atoms with Crippen LogP contribution in [0, 0.1) is 17.7 Å². The summed E-state index contributed by atoms with van der Waals surface area (Å²) in [6.07, 6.45) is 1.99. The zero-order valence-corrected chi connectivity index (χ0v) is 13.3. The molecule has 0 aliphatic heterocycles. The molecule has 0 radical (unpaired) electrons. The average Bonchev–Trinajstić information content (AvgIpc) is 2.37. The van der Waals surface area contributed by atoms with Crippen LogP contribution in [0.1, 0.15) is 25.8 Å². The fourth-order valence-corrected chi connectivity index (χ4v) is 2.63. The van der Waals surface area contributed by atoms with Crippen LogP contribution >= 0.6 is 11.6 Å². The largest absolute Gasteiger partial charge is 0.383 e. The van der Waals surface area contributed by atoms with E-state index in [1.165, 1.54) is 12.1 Å². The highest BCUT2D eigenvalue weighted by Crippen LogP contribution is 2.23. The van der Waals surface area contributed by atoms with Crippen molar-refractivity contribution in [3.8, 4) is 0 Å². The maximum absolute atomic E-state index is 13.1. The molecule has 0 aliphatic carbocycles. The van der Waals surface area contributed by atoms with Gasteiger partial charge in [-0.3, -0.25) is 0 Å². The maximum atomic E-state index is 13.1. The number of rotatable bonds is 9. The van der Waals surface area contributed by atoms with Gasteiger partial charge in [0, 0.05) is 18.7 Å². The molecular weight excluding hydrogens is 277 g/mol. The number of methoxy groups -OCH3 is 1. The molecule has 1 aromatic rings. The Balaban J connectivity index is 2.58. The Kier molecular flexibility index (Phi) is 8.12. The van der Waals surface area contributed by atoms with Gasteiger partial charge in [0.2, 0.25) is 0 Å². The summed E-state index contributed by atoms with van der Waals surface area (Å²) in [5, 5.41) is 3.92. The second kappa shape index (κ2) is 9.32. The molecule has 1 aromatic carbocycles. The van der Waals surface area contributed by atoms with E-state index in [0.29, 0.717) is 23.5 Å². The summed E-state index contributed by atoms with van der Waals surface area (Å²) >= 11 is 6.11. The van der Waals surface area contributed by atoms with E-state index in [1.54, 1.807) is 13.2 Å². The quantitative estimate of drug-likeness (QED) is 0.698. The topological polar surface area (TPSA) is 21.3 Å². The van der Waals surface area contributed by atoms with E-state index >= 15 is 0 Å². The molecule has 1 N–H and O–H groups in total. The average molecular weight is 302 g/mol. The molecule has 4 heteroatoms. The Labute approximate surface area is 126 Å². The molecule has 1 atom stereocenters. The van der Waals surface area contributed by atoms with Crippen molar-refractivity contribution < 1.29 is 9.13 Å². The highest BCUT2D eigenvalue weighted by atomic mass is 35.5. The van der Waals surface area contributed by atoms with Gasteiger partial charge in [-0.15, -0.1) is 0 Å². The van der Waals surface area contributed by atoms with Crippen LogP contribution in [0.15, 0.2) is 18.2 Å². The van der Waals surface area contributed by atoms with E-state index in [-0.39, 0.29) is 5.82 Å². The number of ether oxygens (including phenoxy) is 1. The highest BCUT2D eigenvalue weighted by Gasteiger charge is 2.14. The zero-order chi connectivity index (χ0) is 15.0. The first kappa shape index (κ1) is 17.4. The maximum Gasteiger partial charge on any atom is 0.124 e. The molecule has 1 rings (SSSR count). The lowest BCUT2D eigenvalue weighted by Gasteiger charge is -2.20. The van der Waals surface area contributed by atoms with Gasteiger partial charge in [-0.05, 0) is 48.9 Å². The molecular formula is C16H25ClFNO. The minimum atomic E-state index is -0.280. The standard InChI is InChI=1S/C16H25ClFNO/c1-12(2)8-13(11-19-6-7-20-3)9-14-4-5-15(18)10-16(14)17/h4-5,10,12-13,19H,6-9,11H2,1-3H3. The van der Waals surface area contributed by atoms with Crippen LogP contribution in [0.25, 0.3) is 0 Å². The molecule has 114 valence electrons. The molecule has 0 saturated heterocycles. The molecule has 0 saturated carbocycles. The molecule has 0 fully saturated rings. The van der Waals surface area contributed by atoms with Crippen molar-refractivity contribution in [3.63, 3.8) is 0 Å². The molecule has 20 heavy (non-hydrogen) atoms. The summed E-state index contributed by atoms with van der Waals surface area (Å²) in [4.78, 5) is 0. The molecule has 0 bridgehead atoms. The fraction of sp³-hybridized carbons (Fsp3) is 0.625. The van der Waals surface area contributed by atoms with Crippen molar-refractivity contribution in [1.82, 2.24) is 5.32 Å². The van der Waals surface area contributed by atoms with Crippen LogP contribution in [-0.4, -0.2) is 26.8 Å². The second-order valence-electron chi connectivity index (χ2n) is 5.63. The fourth-order valence-electron chi connectivity index (χ4n) is 2.38. The van der Waals surface area contributed by atoms with Crippen molar-refractivity contribution in [2.75, 3.05) is 26.8 Å². The zero-order valence-electron chi connectivity index (χ0n) is 12.6. The Morgan fingerprint density at radius 3 is 2.70 bits per heavy atom. The minimum Gasteiger partial charge on any atom is -0.383 e. The van der Waals surface area contributed by atoms with Crippen molar-refractivity contribution >= 4 is 11.6 Å². The Morgan fingerprint density at radius 2 is 2.10 bits per heavy atom.